The fourth-order valence-electron chi connectivity index (χ4n) is 2.51. The molecule has 0 saturated heterocycles. The highest BCUT2D eigenvalue weighted by atomic mass is 14.9. The first-order chi connectivity index (χ1) is 9.72. The van der Waals surface area contributed by atoms with E-state index >= 15 is 0 Å². The predicted molar refractivity (Wildman–Crippen MR) is 88.2 cm³/mol. The molecule has 0 amide bonds. The van der Waals surface area contributed by atoms with E-state index in [1.54, 1.807) is 0 Å². The van der Waals surface area contributed by atoms with Crippen molar-refractivity contribution in [3.63, 3.8) is 0 Å². The largest absolute Gasteiger partial charge is 0.378 e. The molecule has 0 spiro atoms. The van der Waals surface area contributed by atoms with E-state index in [0.29, 0.717) is 6.04 Å². The summed E-state index contributed by atoms with van der Waals surface area (Å²) in [6.45, 7) is 6.61. The van der Waals surface area contributed by atoms with E-state index in [0.717, 1.165) is 0 Å². The average molecular weight is 267 g/mol. The highest BCUT2D eigenvalue weighted by molar-refractivity contribution is 5.55. The number of hydrogen-bond donors (Lipinski definition) is 1. The second kappa shape index (κ2) is 7.14. The lowest BCUT2D eigenvalue weighted by Crippen LogP contribution is -2.12. The Kier molecular flexibility index (Phi) is 5.23. The fraction of sp³-hybridized carbons (Fsp3) is 0.368. The van der Waals surface area contributed by atoms with E-state index in [9.17, 15) is 0 Å². The number of hydrogen-bond acceptors (Lipinski definition) is 1. The fourth-order valence-corrected chi connectivity index (χ4v) is 2.51. The minimum absolute atomic E-state index is 0.400. The van der Waals surface area contributed by atoms with Crippen molar-refractivity contribution in [2.24, 2.45) is 0 Å². The molecule has 1 N–H and O–H groups in total. The molecule has 2 aromatic rings. The van der Waals surface area contributed by atoms with Crippen molar-refractivity contribution in [3.05, 3.63) is 65.2 Å². The van der Waals surface area contributed by atoms with Crippen LogP contribution >= 0.6 is 0 Å². The maximum Gasteiger partial charge on any atom is 0.0513 e. The van der Waals surface area contributed by atoms with Crippen LogP contribution < -0.4 is 5.32 Å². The van der Waals surface area contributed by atoms with Gasteiger partial charge in [-0.25, -0.2) is 0 Å². The van der Waals surface area contributed by atoms with Crippen molar-refractivity contribution in [1.29, 1.82) is 0 Å². The zero-order valence-corrected chi connectivity index (χ0v) is 12.8. The van der Waals surface area contributed by atoms with Crippen LogP contribution in [0.15, 0.2) is 48.5 Å². The normalized spacial score (nSPS) is 12.2. The summed E-state index contributed by atoms with van der Waals surface area (Å²) in [5.74, 6) is 0. The lowest BCUT2D eigenvalue weighted by Gasteiger charge is -2.22. The molecule has 1 heteroatoms. The van der Waals surface area contributed by atoms with Gasteiger partial charge in [0, 0.05) is 5.69 Å². The quantitative estimate of drug-likeness (QED) is 0.713. The van der Waals surface area contributed by atoms with Gasteiger partial charge in [-0.1, -0.05) is 62.2 Å². The molecular formula is C19H25N. The standard InChI is InChI=1S/C19H25N/c1-4-5-13-19(17-11-7-6-8-12-17)20-18-14-9-10-15(2)16(18)3/h6-12,14,19-20H,4-5,13H2,1-3H3. The molecular weight excluding hydrogens is 242 g/mol. The summed E-state index contributed by atoms with van der Waals surface area (Å²) in [4.78, 5) is 0. The van der Waals surface area contributed by atoms with Gasteiger partial charge >= 0.3 is 0 Å². The van der Waals surface area contributed by atoms with Gasteiger partial charge in [-0.05, 0) is 43.0 Å². The third-order valence-corrected chi connectivity index (χ3v) is 3.98. The molecule has 2 aromatic carbocycles. The summed E-state index contributed by atoms with van der Waals surface area (Å²) in [7, 11) is 0. The van der Waals surface area contributed by atoms with Crippen LogP contribution in [-0.2, 0) is 0 Å². The first-order valence-electron chi connectivity index (χ1n) is 7.60. The molecule has 0 aliphatic carbocycles. The lowest BCUT2D eigenvalue weighted by atomic mass is 9.99. The Balaban J connectivity index is 2.21. The smallest absolute Gasteiger partial charge is 0.0513 e. The summed E-state index contributed by atoms with van der Waals surface area (Å²) >= 11 is 0. The van der Waals surface area contributed by atoms with Crippen LogP contribution in [-0.4, -0.2) is 0 Å². The Morgan fingerprint density at radius 2 is 1.70 bits per heavy atom. The van der Waals surface area contributed by atoms with Crippen molar-refractivity contribution >= 4 is 5.69 Å². The number of nitrogens with one attached hydrogen (secondary N) is 1. The Morgan fingerprint density at radius 3 is 2.40 bits per heavy atom. The van der Waals surface area contributed by atoms with Gasteiger partial charge in [0.15, 0.2) is 0 Å². The van der Waals surface area contributed by atoms with Crippen molar-refractivity contribution in [3.8, 4) is 0 Å². The predicted octanol–water partition coefficient (Wildman–Crippen LogP) is 5.65. The van der Waals surface area contributed by atoms with Crippen LogP contribution in [0.3, 0.4) is 0 Å². The molecule has 0 bridgehead atoms. The van der Waals surface area contributed by atoms with Gasteiger partial charge in [0.05, 0.1) is 6.04 Å². The number of rotatable bonds is 6. The molecule has 0 aliphatic heterocycles. The summed E-state index contributed by atoms with van der Waals surface area (Å²) in [5.41, 5.74) is 5.33. The van der Waals surface area contributed by atoms with Crippen LogP contribution in [0.4, 0.5) is 5.69 Å². The first-order valence-corrected chi connectivity index (χ1v) is 7.60. The molecule has 0 aliphatic rings. The zero-order valence-electron chi connectivity index (χ0n) is 12.8. The van der Waals surface area contributed by atoms with Crippen LogP contribution in [0, 0.1) is 13.8 Å². The van der Waals surface area contributed by atoms with E-state index in [1.807, 2.05) is 0 Å². The number of unbranched alkanes of at least 4 members (excludes halogenated alkanes) is 1. The summed E-state index contributed by atoms with van der Waals surface area (Å²) < 4.78 is 0. The zero-order chi connectivity index (χ0) is 14.4. The van der Waals surface area contributed by atoms with E-state index in [2.05, 4.69) is 74.6 Å². The third kappa shape index (κ3) is 3.63. The molecule has 0 aromatic heterocycles. The van der Waals surface area contributed by atoms with Crippen molar-refractivity contribution in [1.82, 2.24) is 0 Å². The third-order valence-electron chi connectivity index (χ3n) is 3.98. The van der Waals surface area contributed by atoms with Crippen LogP contribution in [0.2, 0.25) is 0 Å². The highest BCUT2D eigenvalue weighted by Gasteiger charge is 2.12. The number of aryl methyl sites for hydroxylation is 1. The minimum Gasteiger partial charge on any atom is -0.378 e. The van der Waals surface area contributed by atoms with Crippen molar-refractivity contribution in [2.45, 2.75) is 46.1 Å². The minimum atomic E-state index is 0.400. The second-order valence-corrected chi connectivity index (χ2v) is 5.50. The van der Waals surface area contributed by atoms with Crippen molar-refractivity contribution in [2.75, 3.05) is 5.32 Å². The number of anilines is 1. The average Bonchev–Trinajstić information content (AvgIpc) is 2.48. The molecule has 1 nitrogen and oxygen atoms in total. The van der Waals surface area contributed by atoms with Gasteiger partial charge in [-0.2, -0.15) is 0 Å². The Hall–Kier alpha value is -1.76. The Morgan fingerprint density at radius 1 is 0.950 bits per heavy atom. The van der Waals surface area contributed by atoms with Gasteiger partial charge in [0.1, 0.15) is 0 Å². The molecule has 106 valence electrons. The molecule has 0 fully saturated rings. The Bertz CT molecular complexity index is 531. The van der Waals surface area contributed by atoms with Crippen LogP contribution in [0.1, 0.15) is 48.9 Å². The van der Waals surface area contributed by atoms with Gasteiger partial charge in [0.2, 0.25) is 0 Å². The van der Waals surface area contributed by atoms with Crippen molar-refractivity contribution < 1.29 is 0 Å². The monoisotopic (exact) mass is 267 g/mol. The van der Waals surface area contributed by atoms with E-state index < -0.39 is 0 Å². The summed E-state index contributed by atoms with van der Waals surface area (Å²) in [5, 5.41) is 3.74. The molecule has 1 atom stereocenters. The SMILES string of the molecule is CCCCC(Nc1cccc(C)c1C)c1ccccc1. The molecule has 2 rings (SSSR count). The topological polar surface area (TPSA) is 12.0 Å². The Labute approximate surface area is 123 Å². The molecule has 0 radical (unpaired) electrons. The lowest BCUT2D eigenvalue weighted by molar-refractivity contribution is 0.634. The maximum absolute atomic E-state index is 3.74. The van der Waals surface area contributed by atoms with Crippen LogP contribution in [0.5, 0.6) is 0 Å². The van der Waals surface area contributed by atoms with E-state index in [-0.39, 0.29) is 0 Å². The van der Waals surface area contributed by atoms with E-state index in [1.165, 1.54) is 41.6 Å². The highest BCUT2D eigenvalue weighted by Crippen LogP contribution is 2.27. The summed E-state index contributed by atoms with van der Waals surface area (Å²) in [6, 6.07) is 17.7. The second-order valence-electron chi connectivity index (χ2n) is 5.50. The van der Waals surface area contributed by atoms with Gasteiger partial charge < -0.3 is 5.32 Å². The van der Waals surface area contributed by atoms with E-state index in [4.69, 9.17) is 0 Å². The molecule has 0 saturated carbocycles. The molecule has 0 heterocycles. The van der Waals surface area contributed by atoms with Gasteiger partial charge in [-0.3, -0.25) is 0 Å². The van der Waals surface area contributed by atoms with Crippen LogP contribution in [0.25, 0.3) is 0 Å². The maximum atomic E-state index is 3.74. The van der Waals surface area contributed by atoms with Gasteiger partial charge in [-0.15, -0.1) is 0 Å². The molecule has 1 unspecified atom stereocenters. The molecule has 20 heavy (non-hydrogen) atoms. The number of benzene rings is 2. The van der Waals surface area contributed by atoms with Gasteiger partial charge in [0.25, 0.3) is 0 Å². The first kappa shape index (κ1) is 14.6. The summed E-state index contributed by atoms with van der Waals surface area (Å²) in [6.07, 6.45) is 3.66.